The minimum absolute atomic E-state index is 0.189. The molecule has 0 aromatic heterocycles. The lowest BCUT2D eigenvalue weighted by Crippen LogP contribution is -2.45. The lowest BCUT2D eigenvalue weighted by Gasteiger charge is -2.23. The van der Waals surface area contributed by atoms with E-state index < -0.39 is 12.0 Å². The number of carbonyl (C=O) groups excluding carboxylic acids is 1. The zero-order valence-electron chi connectivity index (χ0n) is 13.5. The van der Waals surface area contributed by atoms with Crippen molar-refractivity contribution in [2.75, 3.05) is 6.61 Å². The van der Waals surface area contributed by atoms with E-state index in [0.29, 0.717) is 6.61 Å². The molecule has 5 nitrogen and oxygen atoms in total. The summed E-state index contributed by atoms with van der Waals surface area (Å²) in [7, 11) is 0. The van der Waals surface area contributed by atoms with Crippen LogP contribution in [0.15, 0.2) is 0 Å². The van der Waals surface area contributed by atoms with Gasteiger partial charge < -0.3 is 15.2 Å². The van der Waals surface area contributed by atoms with E-state index in [1.54, 1.807) is 0 Å². The van der Waals surface area contributed by atoms with Gasteiger partial charge in [0.25, 0.3) is 0 Å². The minimum atomic E-state index is -1.02. The van der Waals surface area contributed by atoms with Crippen LogP contribution >= 0.6 is 0 Å². The van der Waals surface area contributed by atoms with Crippen LogP contribution in [0.25, 0.3) is 0 Å². The smallest absolute Gasteiger partial charge is 0.326 e. The van der Waals surface area contributed by atoms with Crippen molar-refractivity contribution in [1.82, 2.24) is 5.32 Å². The molecule has 0 saturated carbocycles. The average Bonchev–Trinajstić information content (AvgIpc) is 2.33. The Bertz CT molecular complexity index is 322. The molecule has 0 aromatic rings. The van der Waals surface area contributed by atoms with E-state index in [1.165, 1.54) is 0 Å². The van der Waals surface area contributed by atoms with E-state index >= 15 is 0 Å². The molecular formula is C15H29NO4. The number of carbonyl (C=O) groups is 2. The number of hydrogen-bond acceptors (Lipinski definition) is 3. The van der Waals surface area contributed by atoms with Crippen molar-refractivity contribution in [3.63, 3.8) is 0 Å². The van der Waals surface area contributed by atoms with Gasteiger partial charge in [0, 0.05) is 18.9 Å². The van der Waals surface area contributed by atoms with Crippen LogP contribution in [0.4, 0.5) is 0 Å². The largest absolute Gasteiger partial charge is 0.480 e. The Hall–Kier alpha value is -1.10. The van der Waals surface area contributed by atoms with Crippen LogP contribution < -0.4 is 5.32 Å². The van der Waals surface area contributed by atoms with Gasteiger partial charge in [0.05, 0.1) is 5.60 Å². The van der Waals surface area contributed by atoms with Crippen LogP contribution in [-0.2, 0) is 14.3 Å². The SMILES string of the molecule is CCC(C)C(C)C(=O)NC(CCOC(C)(C)C)C(=O)O. The molecule has 0 heterocycles. The lowest BCUT2D eigenvalue weighted by molar-refractivity contribution is -0.143. The second-order valence-electron chi connectivity index (χ2n) is 6.32. The van der Waals surface area contributed by atoms with Gasteiger partial charge >= 0.3 is 5.97 Å². The molecule has 0 bridgehead atoms. The summed E-state index contributed by atoms with van der Waals surface area (Å²) in [5.74, 6) is -1.18. The molecule has 1 amide bonds. The number of nitrogens with one attached hydrogen (secondary N) is 1. The lowest BCUT2D eigenvalue weighted by atomic mass is 9.92. The summed E-state index contributed by atoms with van der Waals surface area (Å²) < 4.78 is 5.51. The maximum absolute atomic E-state index is 12.0. The van der Waals surface area contributed by atoms with Gasteiger partial charge in [-0.2, -0.15) is 0 Å². The third-order valence-electron chi connectivity index (χ3n) is 3.47. The van der Waals surface area contributed by atoms with Crippen LogP contribution in [-0.4, -0.2) is 35.2 Å². The van der Waals surface area contributed by atoms with Crippen molar-refractivity contribution >= 4 is 11.9 Å². The Morgan fingerprint density at radius 2 is 1.80 bits per heavy atom. The fourth-order valence-electron chi connectivity index (χ4n) is 1.66. The van der Waals surface area contributed by atoms with Crippen molar-refractivity contribution in [2.24, 2.45) is 11.8 Å². The second kappa shape index (κ2) is 8.25. The fourth-order valence-corrected chi connectivity index (χ4v) is 1.66. The van der Waals surface area contributed by atoms with Gasteiger partial charge in [0.15, 0.2) is 0 Å². The quantitative estimate of drug-likeness (QED) is 0.719. The molecule has 0 saturated heterocycles. The Morgan fingerprint density at radius 3 is 2.20 bits per heavy atom. The van der Waals surface area contributed by atoms with Crippen molar-refractivity contribution < 1.29 is 19.4 Å². The topological polar surface area (TPSA) is 75.6 Å². The Balaban J connectivity index is 4.41. The summed E-state index contributed by atoms with van der Waals surface area (Å²) in [5.41, 5.74) is -0.308. The molecule has 118 valence electrons. The second-order valence-corrected chi connectivity index (χ2v) is 6.32. The first-order valence-electron chi connectivity index (χ1n) is 7.25. The van der Waals surface area contributed by atoms with Crippen LogP contribution in [0.5, 0.6) is 0 Å². The molecule has 20 heavy (non-hydrogen) atoms. The molecule has 5 heteroatoms. The van der Waals surface area contributed by atoms with Crippen molar-refractivity contribution in [3.05, 3.63) is 0 Å². The Labute approximate surface area is 122 Å². The highest BCUT2D eigenvalue weighted by molar-refractivity contribution is 5.84. The van der Waals surface area contributed by atoms with E-state index in [2.05, 4.69) is 5.32 Å². The highest BCUT2D eigenvalue weighted by Gasteiger charge is 2.25. The minimum Gasteiger partial charge on any atom is -0.480 e. The first-order valence-corrected chi connectivity index (χ1v) is 7.25. The average molecular weight is 287 g/mol. The van der Waals surface area contributed by atoms with Crippen molar-refractivity contribution in [3.8, 4) is 0 Å². The number of aliphatic carboxylic acids is 1. The summed E-state index contributed by atoms with van der Waals surface area (Å²) in [5, 5.41) is 11.8. The van der Waals surface area contributed by atoms with Crippen LogP contribution in [0.3, 0.4) is 0 Å². The number of hydrogen-bond donors (Lipinski definition) is 2. The molecule has 0 aliphatic heterocycles. The van der Waals surface area contributed by atoms with Gasteiger partial charge in [-0.25, -0.2) is 4.79 Å². The summed E-state index contributed by atoms with van der Waals surface area (Å²) in [4.78, 5) is 23.2. The third-order valence-corrected chi connectivity index (χ3v) is 3.47. The van der Waals surface area contributed by atoms with Gasteiger partial charge in [0.1, 0.15) is 6.04 Å². The number of carboxylic acids is 1. The van der Waals surface area contributed by atoms with Gasteiger partial charge in [-0.15, -0.1) is 0 Å². The summed E-state index contributed by atoms with van der Waals surface area (Å²) in [6, 6.07) is -0.892. The molecule has 0 fully saturated rings. The Kier molecular flexibility index (Phi) is 7.79. The summed E-state index contributed by atoms with van der Waals surface area (Å²) in [6.07, 6.45) is 1.16. The van der Waals surface area contributed by atoms with Gasteiger partial charge in [-0.1, -0.05) is 27.2 Å². The summed E-state index contributed by atoms with van der Waals surface area (Å²) >= 11 is 0. The predicted octanol–water partition coefficient (Wildman–Crippen LogP) is 2.44. The van der Waals surface area contributed by atoms with Crippen LogP contribution in [0.1, 0.15) is 54.4 Å². The van der Waals surface area contributed by atoms with E-state index in [-0.39, 0.29) is 29.8 Å². The van der Waals surface area contributed by atoms with E-state index in [9.17, 15) is 9.59 Å². The molecule has 0 radical (unpaired) electrons. The van der Waals surface area contributed by atoms with Gasteiger partial charge in [-0.3, -0.25) is 4.79 Å². The molecule has 0 aromatic carbocycles. The third kappa shape index (κ3) is 7.48. The first kappa shape index (κ1) is 18.9. The van der Waals surface area contributed by atoms with Crippen molar-refractivity contribution in [2.45, 2.75) is 66.0 Å². The zero-order chi connectivity index (χ0) is 15.9. The number of amides is 1. The van der Waals surface area contributed by atoms with E-state index in [4.69, 9.17) is 9.84 Å². The molecule has 3 unspecified atom stereocenters. The number of carboxylic acid groups (broad SMARTS) is 1. The molecule has 0 aliphatic carbocycles. The highest BCUT2D eigenvalue weighted by atomic mass is 16.5. The number of ether oxygens (including phenoxy) is 1. The molecular weight excluding hydrogens is 258 g/mol. The van der Waals surface area contributed by atoms with Crippen LogP contribution in [0.2, 0.25) is 0 Å². The fraction of sp³-hybridized carbons (Fsp3) is 0.867. The highest BCUT2D eigenvalue weighted by Crippen LogP contribution is 2.15. The van der Waals surface area contributed by atoms with Crippen LogP contribution in [0, 0.1) is 11.8 Å². The van der Waals surface area contributed by atoms with Gasteiger partial charge in [-0.05, 0) is 26.7 Å². The zero-order valence-corrected chi connectivity index (χ0v) is 13.5. The van der Waals surface area contributed by atoms with E-state index in [0.717, 1.165) is 6.42 Å². The molecule has 0 spiro atoms. The Morgan fingerprint density at radius 1 is 1.25 bits per heavy atom. The molecule has 0 rings (SSSR count). The van der Waals surface area contributed by atoms with E-state index in [1.807, 2.05) is 41.5 Å². The molecule has 0 aliphatic rings. The molecule has 3 atom stereocenters. The van der Waals surface area contributed by atoms with Gasteiger partial charge in [0.2, 0.25) is 5.91 Å². The van der Waals surface area contributed by atoms with Crippen molar-refractivity contribution in [1.29, 1.82) is 0 Å². The first-order chi connectivity index (χ1) is 9.08. The molecule has 2 N–H and O–H groups in total. The monoisotopic (exact) mass is 287 g/mol. The maximum atomic E-state index is 12.0. The standard InChI is InChI=1S/C15H29NO4/c1-7-10(2)11(3)13(17)16-12(14(18)19)8-9-20-15(4,5)6/h10-12H,7-9H2,1-6H3,(H,16,17)(H,18,19). The normalized spacial score (nSPS) is 16.3. The predicted molar refractivity (Wildman–Crippen MR) is 78.5 cm³/mol. The summed E-state index contributed by atoms with van der Waals surface area (Å²) in [6.45, 7) is 11.9. The maximum Gasteiger partial charge on any atom is 0.326 e. The number of rotatable bonds is 8.